The van der Waals surface area contributed by atoms with E-state index < -0.39 is 0 Å². The standard InChI is InChI=1S/C19H24N4O3/c1-14(2)17-11-19(25)23(13-20-17)12-18(24)21-15-3-5-16(6-4-15)22-7-9-26-10-8-22/h3-6,11,13-14H,7-10,12H2,1-2H3,(H,21,24). The third-order valence-electron chi connectivity index (χ3n) is 4.33. The van der Waals surface area contributed by atoms with Crippen molar-refractivity contribution in [2.75, 3.05) is 36.5 Å². The van der Waals surface area contributed by atoms with Gasteiger partial charge in [0.1, 0.15) is 6.54 Å². The molecule has 1 aliphatic rings. The maximum atomic E-state index is 12.2. The topological polar surface area (TPSA) is 76.5 Å². The van der Waals surface area contributed by atoms with Gasteiger partial charge in [0.15, 0.2) is 0 Å². The minimum atomic E-state index is -0.259. The number of amides is 1. The van der Waals surface area contributed by atoms with Crippen LogP contribution in [-0.2, 0) is 16.1 Å². The van der Waals surface area contributed by atoms with Crippen LogP contribution in [0.4, 0.5) is 11.4 Å². The normalized spacial score (nSPS) is 14.5. The Morgan fingerprint density at radius 3 is 2.54 bits per heavy atom. The van der Waals surface area contributed by atoms with E-state index in [9.17, 15) is 9.59 Å². The molecule has 0 atom stereocenters. The number of rotatable bonds is 5. The Labute approximate surface area is 152 Å². The molecule has 0 saturated carbocycles. The molecule has 2 aromatic rings. The molecule has 0 aliphatic carbocycles. The Morgan fingerprint density at radius 2 is 1.92 bits per heavy atom. The van der Waals surface area contributed by atoms with Crippen molar-refractivity contribution in [3.63, 3.8) is 0 Å². The highest BCUT2D eigenvalue weighted by Gasteiger charge is 2.12. The van der Waals surface area contributed by atoms with Gasteiger partial charge in [-0.05, 0) is 30.2 Å². The fourth-order valence-electron chi connectivity index (χ4n) is 2.81. The molecule has 1 aromatic carbocycles. The van der Waals surface area contributed by atoms with Crippen molar-refractivity contribution in [1.82, 2.24) is 9.55 Å². The molecule has 0 spiro atoms. The first-order valence-corrected chi connectivity index (χ1v) is 8.82. The van der Waals surface area contributed by atoms with E-state index in [1.54, 1.807) is 0 Å². The highest BCUT2D eigenvalue weighted by molar-refractivity contribution is 5.90. The second kappa shape index (κ2) is 8.14. The summed E-state index contributed by atoms with van der Waals surface area (Å²) in [6.07, 6.45) is 1.43. The van der Waals surface area contributed by atoms with E-state index in [-0.39, 0.29) is 23.9 Å². The molecule has 0 bridgehead atoms. The van der Waals surface area contributed by atoms with E-state index in [1.807, 2.05) is 38.1 Å². The van der Waals surface area contributed by atoms with Gasteiger partial charge in [0, 0.05) is 30.5 Å². The van der Waals surface area contributed by atoms with Gasteiger partial charge in [-0.3, -0.25) is 14.2 Å². The molecule has 1 amide bonds. The van der Waals surface area contributed by atoms with Gasteiger partial charge < -0.3 is 15.0 Å². The number of nitrogens with zero attached hydrogens (tertiary/aromatic N) is 3. The summed E-state index contributed by atoms with van der Waals surface area (Å²) in [6, 6.07) is 9.17. The van der Waals surface area contributed by atoms with Crippen molar-refractivity contribution in [3.8, 4) is 0 Å². The van der Waals surface area contributed by atoms with Crippen molar-refractivity contribution < 1.29 is 9.53 Å². The van der Waals surface area contributed by atoms with E-state index in [0.717, 1.165) is 37.7 Å². The second-order valence-electron chi connectivity index (χ2n) is 6.63. The predicted octanol–water partition coefficient (Wildman–Crippen LogP) is 1.84. The Hall–Kier alpha value is -2.67. The predicted molar refractivity (Wildman–Crippen MR) is 101 cm³/mol. The largest absolute Gasteiger partial charge is 0.378 e. The zero-order valence-corrected chi connectivity index (χ0v) is 15.1. The van der Waals surface area contributed by atoms with Crippen LogP contribution in [0.2, 0.25) is 0 Å². The summed E-state index contributed by atoms with van der Waals surface area (Å²) < 4.78 is 6.66. The van der Waals surface area contributed by atoms with E-state index in [2.05, 4.69) is 15.2 Å². The minimum Gasteiger partial charge on any atom is -0.378 e. The summed E-state index contributed by atoms with van der Waals surface area (Å²) >= 11 is 0. The maximum absolute atomic E-state index is 12.2. The van der Waals surface area contributed by atoms with Gasteiger partial charge in [-0.2, -0.15) is 0 Å². The maximum Gasteiger partial charge on any atom is 0.254 e. The molecule has 1 aliphatic heterocycles. The first-order valence-electron chi connectivity index (χ1n) is 8.82. The van der Waals surface area contributed by atoms with Gasteiger partial charge >= 0.3 is 0 Å². The van der Waals surface area contributed by atoms with Gasteiger partial charge in [0.2, 0.25) is 5.91 Å². The molecule has 138 valence electrons. The van der Waals surface area contributed by atoms with Crippen molar-refractivity contribution in [3.05, 3.63) is 52.7 Å². The van der Waals surface area contributed by atoms with Crippen LogP contribution in [0.15, 0.2) is 41.5 Å². The lowest BCUT2D eigenvalue weighted by molar-refractivity contribution is -0.116. The molecule has 1 fully saturated rings. The molecule has 1 aromatic heterocycles. The minimum absolute atomic E-state index is 0.0601. The zero-order chi connectivity index (χ0) is 18.5. The molecular formula is C19H24N4O3. The van der Waals surface area contributed by atoms with Crippen LogP contribution in [0.25, 0.3) is 0 Å². The number of hydrogen-bond donors (Lipinski definition) is 1. The van der Waals surface area contributed by atoms with Crippen LogP contribution in [0.1, 0.15) is 25.5 Å². The summed E-state index contributed by atoms with van der Waals surface area (Å²) in [5, 5.41) is 2.82. The molecule has 7 heteroatoms. The number of morpholine rings is 1. The average molecular weight is 356 g/mol. The monoisotopic (exact) mass is 356 g/mol. The third kappa shape index (κ3) is 4.49. The van der Waals surface area contributed by atoms with Crippen molar-refractivity contribution >= 4 is 17.3 Å². The number of ether oxygens (including phenoxy) is 1. The molecule has 26 heavy (non-hydrogen) atoms. The number of hydrogen-bond acceptors (Lipinski definition) is 5. The Morgan fingerprint density at radius 1 is 1.23 bits per heavy atom. The summed E-state index contributed by atoms with van der Waals surface area (Å²) in [5.74, 6) is -0.0820. The van der Waals surface area contributed by atoms with Crippen molar-refractivity contribution in [2.24, 2.45) is 0 Å². The van der Waals surface area contributed by atoms with E-state index >= 15 is 0 Å². The highest BCUT2D eigenvalue weighted by Crippen LogP contribution is 2.19. The fraction of sp³-hybridized carbons (Fsp3) is 0.421. The van der Waals surface area contributed by atoms with Gasteiger partial charge in [-0.25, -0.2) is 4.98 Å². The van der Waals surface area contributed by atoms with Crippen molar-refractivity contribution in [1.29, 1.82) is 0 Å². The number of aromatic nitrogens is 2. The fourth-order valence-corrected chi connectivity index (χ4v) is 2.81. The Kier molecular flexibility index (Phi) is 5.68. The Balaban J connectivity index is 1.60. The molecule has 3 rings (SSSR count). The molecular weight excluding hydrogens is 332 g/mol. The number of carbonyl (C=O) groups excluding carboxylic acids is 1. The highest BCUT2D eigenvalue weighted by atomic mass is 16.5. The van der Waals surface area contributed by atoms with Crippen LogP contribution < -0.4 is 15.8 Å². The lowest BCUT2D eigenvalue weighted by atomic mass is 10.1. The lowest BCUT2D eigenvalue weighted by Gasteiger charge is -2.28. The van der Waals surface area contributed by atoms with Gasteiger partial charge in [-0.15, -0.1) is 0 Å². The van der Waals surface area contributed by atoms with E-state index in [0.29, 0.717) is 5.69 Å². The van der Waals surface area contributed by atoms with Crippen molar-refractivity contribution in [2.45, 2.75) is 26.3 Å². The number of benzene rings is 1. The SMILES string of the molecule is CC(C)c1cc(=O)n(CC(=O)Nc2ccc(N3CCOCC3)cc2)cn1. The Bertz CT molecular complexity index is 808. The van der Waals surface area contributed by atoms with Crippen LogP contribution in [0.5, 0.6) is 0 Å². The summed E-state index contributed by atoms with van der Waals surface area (Å²) in [7, 11) is 0. The van der Waals surface area contributed by atoms with Crippen LogP contribution in [0.3, 0.4) is 0 Å². The van der Waals surface area contributed by atoms with Crippen LogP contribution in [-0.4, -0.2) is 41.8 Å². The van der Waals surface area contributed by atoms with E-state index in [4.69, 9.17) is 4.74 Å². The molecule has 1 N–H and O–H groups in total. The molecule has 0 unspecified atom stereocenters. The number of carbonyl (C=O) groups is 1. The third-order valence-corrected chi connectivity index (χ3v) is 4.33. The summed E-state index contributed by atoms with van der Waals surface area (Å²) in [5.41, 5.74) is 2.31. The quantitative estimate of drug-likeness (QED) is 0.885. The van der Waals surface area contributed by atoms with E-state index in [1.165, 1.54) is 17.0 Å². The molecule has 2 heterocycles. The average Bonchev–Trinajstić information content (AvgIpc) is 2.64. The first kappa shape index (κ1) is 18.1. The second-order valence-corrected chi connectivity index (χ2v) is 6.63. The smallest absolute Gasteiger partial charge is 0.254 e. The van der Waals surface area contributed by atoms with Crippen LogP contribution in [0, 0.1) is 0 Å². The summed E-state index contributed by atoms with van der Waals surface area (Å²) in [6.45, 7) is 7.09. The van der Waals surface area contributed by atoms with Gasteiger partial charge in [0.25, 0.3) is 5.56 Å². The van der Waals surface area contributed by atoms with Gasteiger partial charge in [0.05, 0.1) is 25.2 Å². The van der Waals surface area contributed by atoms with Gasteiger partial charge in [-0.1, -0.05) is 13.8 Å². The number of anilines is 2. The first-order chi connectivity index (χ1) is 12.5. The summed E-state index contributed by atoms with van der Waals surface area (Å²) in [4.78, 5) is 30.8. The molecule has 0 radical (unpaired) electrons. The molecule has 1 saturated heterocycles. The van der Waals surface area contributed by atoms with Crippen LogP contribution >= 0.6 is 0 Å². The molecule has 7 nitrogen and oxygen atoms in total. The lowest BCUT2D eigenvalue weighted by Crippen LogP contribution is -2.36. The zero-order valence-electron chi connectivity index (χ0n) is 15.1. The number of nitrogens with one attached hydrogen (secondary N) is 1.